The van der Waals surface area contributed by atoms with Gasteiger partial charge in [0, 0.05) is 11.8 Å². The van der Waals surface area contributed by atoms with Crippen LogP contribution in [0.25, 0.3) is 11.1 Å². The first-order valence-electron chi connectivity index (χ1n) is 5.82. The maximum Gasteiger partial charge on any atom is 0.418 e. The summed E-state index contributed by atoms with van der Waals surface area (Å²) in [6.45, 7) is 0. The van der Waals surface area contributed by atoms with Crippen LogP contribution in [-0.2, 0) is 12.6 Å². The van der Waals surface area contributed by atoms with Gasteiger partial charge in [-0.15, -0.1) is 0 Å². The van der Waals surface area contributed by atoms with E-state index in [1.807, 2.05) is 0 Å². The summed E-state index contributed by atoms with van der Waals surface area (Å²) in [5, 5.41) is 8.96. The molecule has 2 aromatic rings. The summed E-state index contributed by atoms with van der Waals surface area (Å²) >= 11 is 17.6. The van der Waals surface area contributed by atoms with Crippen molar-refractivity contribution in [3.05, 3.63) is 50.7 Å². The van der Waals surface area contributed by atoms with Crippen LogP contribution in [0.15, 0.2) is 24.4 Å². The second-order valence-electron chi connectivity index (χ2n) is 4.30. The Morgan fingerprint density at radius 3 is 2.14 bits per heavy atom. The third kappa shape index (κ3) is 3.46. The number of pyridine rings is 1. The van der Waals surface area contributed by atoms with Crippen LogP contribution in [0.4, 0.5) is 13.2 Å². The maximum absolute atomic E-state index is 13.1. The number of alkyl halides is 3. The lowest BCUT2D eigenvalue weighted by Crippen LogP contribution is -2.11. The lowest BCUT2D eigenvalue weighted by atomic mass is 10.0. The van der Waals surface area contributed by atoms with Gasteiger partial charge >= 0.3 is 6.18 Å². The van der Waals surface area contributed by atoms with Crippen LogP contribution in [0.3, 0.4) is 0 Å². The van der Waals surface area contributed by atoms with Crippen LogP contribution in [0.1, 0.15) is 11.3 Å². The van der Waals surface area contributed by atoms with E-state index in [4.69, 9.17) is 40.1 Å². The van der Waals surface area contributed by atoms with E-state index in [9.17, 15) is 13.2 Å². The average Bonchev–Trinajstić information content (AvgIpc) is 2.44. The standard InChI is InChI=1S/C14H6Cl3F3N2/c15-10-4-7(5-11(16)13(10)17)8-3-9(14(18,19)20)12(1-2-21)22-6-8/h3-6H,1H2. The van der Waals surface area contributed by atoms with E-state index in [1.165, 1.54) is 18.3 Å². The molecular formula is C14H6Cl3F3N2. The molecule has 8 heteroatoms. The summed E-state index contributed by atoms with van der Waals surface area (Å²) in [5.74, 6) is 0. The Labute approximate surface area is 139 Å². The van der Waals surface area contributed by atoms with E-state index in [1.54, 1.807) is 6.07 Å². The molecule has 0 radical (unpaired) electrons. The summed E-state index contributed by atoms with van der Waals surface area (Å²) in [6.07, 6.45) is -3.82. The van der Waals surface area contributed by atoms with E-state index in [0.717, 1.165) is 6.07 Å². The highest BCUT2D eigenvalue weighted by Crippen LogP contribution is 2.38. The average molecular weight is 366 g/mol. The van der Waals surface area contributed by atoms with Gasteiger partial charge in [0.1, 0.15) is 0 Å². The predicted octanol–water partition coefficient (Wildman–Crippen LogP) is 5.79. The molecule has 0 aliphatic heterocycles. The van der Waals surface area contributed by atoms with Crippen LogP contribution in [-0.4, -0.2) is 4.98 Å². The van der Waals surface area contributed by atoms with Gasteiger partial charge in [0.2, 0.25) is 0 Å². The molecule has 0 atom stereocenters. The molecule has 1 aromatic heterocycles. The molecule has 0 aliphatic rings. The number of hydrogen-bond donors (Lipinski definition) is 0. The van der Waals surface area contributed by atoms with Crippen molar-refractivity contribution in [1.29, 1.82) is 5.26 Å². The highest BCUT2D eigenvalue weighted by atomic mass is 35.5. The molecule has 0 unspecified atom stereocenters. The second-order valence-corrected chi connectivity index (χ2v) is 5.50. The smallest absolute Gasteiger partial charge is 0.259 e. The molecule has 0 aliphatic carbocycles. The summed E-state index contributed by atoms with van der Waals surface area (Å²) in [6, 6.07) is 5.37. The first-order valence-corrected chi connectivity index (χ1v) is 6.95. The Bertz CT molecular complexity index is 744. The maximum atomic E-state index is 13.1. The topological polar surface area (TPSA) is 36.7 Å². The van der Waals surface area contributed by atoms with Gasteiger partial charge in [-0.2, -0.15) is 18.4 Å². The second kappa shape index (κ2) is 6.33. The Kier molecular flexibility index (Phi) is 4.86. The number of aromatic nitrogens is 1. The number of rotatable bonds is 2. The number of nitriles is 1. The quantitative estimate of drug-likeness (QED) is 0.631. The molecule has 0 saturated carbocycles. The third-order valence-corrected chi connectivity index (χ3v) is 4.04. The van der Waals surface area contributed by atoms with Crippen LogP contribution >= 0.6 is 34.8 Å². The molecule has 1 aromatic carbocycles. The normalized spacial score (nSPS) is 11.3. The van der Waals surface area contributed by atoms with Gasteiger partial charge in [-0.25, -0.2) is 0 Å². The van der Waals surface area contributed by atoms with E-state index in [2.05, 4.69) is 4.98 Å². The third-order valence-electron chi connectivity index (χ3n) is 2.84. The zero-order valence-electron chi connectivity index (χ0n) is 10.7. The largest absolute Gasteiger partial charge is 0.418 e. The van der Waals surface area contributed by atoms with Gasteiger partial charge in [-0.1, -0.05) is 34.8 Å². The molecule has 2 rings (SSSR count). The minimum atomic E-state index is -4.62. The monoisotopic (exact) mass is 364 g/mol. The number of halogens is 6. The summed E-state index contributed by atoms with van der Waals surface area (Å²) in [4.78, 5) is 3.73. The SMILES string of the molecule is N#CCc1ncc(-c2cc(Cl)c(Cl)c(Cl)c2)cc1C(F)(F)F. The summed E-state index contributed by atoms with van der Waals surface area (Å²) in [5.41, 5.74) is -0.769. The van der Waals surface area contributed by atoms with Crippen molar-refractivity contribution in [1.82, 2.24) is 4.98 Å². The van der Waals surface area contributed by atoms with Crippen molar-refractivity contribution >= 4 is 34.8 Å². The molecule has 0 bridgehead atoms. The van der Waals surface area contributed by atoms with Crippen LogP contribution in [0.2, 0.25) is 15.1 Å². The molecule has 0 saturated heterocycles. The fourth-order valence-electron chi connectivity index (χ4n) is 1.83. The van der Waals surface area contributed by atoms with Gasteiger partial charge in [0.15, 0.2) is 0 Å². The molecular weight excluding hydrogens is 360 g/mol. The molecule has 2 nitrogen and oxygen atoms in total. The van der Waals surface area contributed by atoms with Gasteiger partial charge in [0.25, 0.3) is 0 Å². The minimum Gasteiger partial charge on any atom is -0.259 e. The first-order chi connectivity index (χ1) is 10.2. The van der Waals surface area contributed by atoms with Gasteiger partial charge in [-0.3, -0.25) is 4.98 Å². The van der Waals surface area contributed by atoms with E-state index < -0.39 is 18.2 Å². The zero-order chi connectivity index (χ0) is 16.5. The van der Waals surface area contributed by atoms with Crippen LogP contribution < -0.4 is 0 Å². The van der Waals surface area contributed by atoms with Gasteiger partial charge in [-0.05, 0) is 23.8 Å². The van der Waals surface area contributed by atoms with Crippen molar-refractivity contribution in [2.45, 2.75) is 12.6 Å². The summed E-state index contributed by atoms with van der Waals surface area (Å²) in [7, 11) is 0. The van der Waals surface area contributed by atoms with Gasteiger partial charge < -0.3 is 0 Å². The Balaban J connectivity index is 2.61. The Hall–Kier alpha value is -1.48. The molecule has 22 heavy (non-hydrogen) atoms. The highest BCUT2D eigenvalue weighted by Gasteiger charge is 2.34. The number of hydrogen-bond acceptors (Lipinski definition) is 2. The molecule has 114 valence electrons. The molecule has 1 heterocycles. The number of benzene rings is 1. The molecule has 0 N–H and O–H groups in total. The van der Waals surface area contributed by atoms with Crippen LogP contribution in [0, 0.1) is 11.3 Å². The molecule has 0 amide bonds. The van der Waals surface area contributed by atoms with Crippen molar-refractivity contribution in [3.63, 3.8) is 0 Å². The lowest BCUT2D eigenvalue weighted by molar-refractivity contribution is -0.138. The minimum absolute atomic E-state index is 0.122. The fraction of sp³-hybridized carbons (Fsp3) is 0.143. The first kappa shape index (κ1) is 16.9. The highest BCUT2D eigenvalue weighted by molar-refractivity contribution is 6.48. The van der Waals surface area contributed by atoms with Gasteiger partial charge in [0.05, 0.1) is 38.8 Å². The Morgan fingerprint density at radius 1 is 1.05 bits per heavy atom. The van der Waals surface area contributed by atoms with E-state index >= 15 is 0 Å². The van der Waals surface area contributed by atoms with Crippen molar-refractivity contribution in [2.24, 2.45) is 0 Å². The van der Waals surface area contributed by atoms with E-state index in [-0.39, 0.29) is 26.3 Å². The van der Waals surface area contributed by atoms with E-state index in [0.29, 0.717) is 5.56 Å². The predicted molar refractivity (Wildman–Crippen MR) is 79.0 cm³/mol. The lowest BCUT2D eigenvalue weighted by Gasteiger charge is -2.13. The zero-order valence-corrected chi connectivity index (χ0v) is 12.9. The van der Waals surface area contributed by atoms with Crippen LogP contribution in [0.5, 0.6) is 0 Å². The molecule has 0 fully saturated rings. The Morgan fingerprint density at radius 2 is 1.64 bits per heavy atom. The molecule has 0 spiro atoms. The fourth-order valence-corrected chi connectivity index (χ4v) is 2.43. The van der Waals surface area contributed by atoms with Crippen molar-refractivity contribution in [2.75, 3.05) is 0 Å². The number of nitrogens with zero attached hydrogens (tertiary/aromatic N) is 2. The summed E-state index contributed by atoms with van der Waals surface area (Å²) < 4.78 is 39.2. The van der Waals surface area contributed by atoms with Crippen molar-refractivity contribution < 1.29 is 13.2 Å². The van der Waals surface area contributed by atoms with Crippen molar-refractivity contribution in [3.8, 4) is 17.2 Å².